The van der Waals surface area contributed by atoms with Gasteiger partial charge in [0.15, 0.2) is 0 Å². The van der Waals surface area contributed by atoms with E-state index in [1.54, 1.807) is 0 Å². The molecule has 0 amide bonds. The van der Waals surface area contributed by atoms with Gasteiger partial charge in [-0.2, -0.15) is 0 Å². The maximum absolute atomic E-state index is 10.3. The third-order valence-corrected chi connectivity index (χ3v) is 5.30. The van der Waals surface area contributed by atoms with Crippen LogP contribution in [0.4, 0.5) is 0 Å². The molecular formula is C17H25IO. The van der Waals surface area contributed by atoms with Gasteiger partial charge in [0.05, 0.1) is 6.10 Å². The van der Waals surface area contributed by atoms with Gasteiger partial charge in [-0.05, 0) is 83.2 Å². The quantitative estimate of drug-likeness (QED) is 0.749. The number of aliphatic hydroxyl groups is 1. The average molecular weight is 372 g/mol. The molecule has 1 aliphatic carbocycles. The molecule has 0 spiro atoms. The number of halogens is 1. The predicted molar refractivity (Wildman–Crippen MR) is 89.2 cm³/mol. The third kappa shape index (κ3) is 4.19. The van der Waals surface area contributed by atoms with Gasteiger partial charge in [-0.1, -0.05) is 32.9 Å². The van der Waals surface area contributed by atoms with Gasteiger partial charge in [-0.25, -0.2) is 0 Å². The lowest BCUT2D eigenvalue weighted by Gasteiger charge is -2.40. The Hall–Kier alpha value is -0.0900. The Morgan fingerprint density at radius 3 is 2.37 bits per heavy atom. The zero-order valence-corrected chi connectivity index (χ0v) is 14.4. The molecule has 0 saturated heterocycles. The van der Waals surface area contributed by atoms with E-state index in [1.807, 2.05) is 0 Å². The van der Waals surface area contributed by atoms with E-state index in [1.165, 1.54) is 15.6 Å². The molecule has 1 nitrogen and oxygen atoms in total. The first-order chi connectivity index (χ1) is 8.86. The molecule has 2 rings (SSSR count). The fourth-order valence-electron chi connectivity index (χ4n) is 3.18. The lowest BCUT2D eigenvalue weighted by Crippen LogP contribution is -2.35. The summed E-state index contributed by atoms with van der Waals surface area (Å²) in [4.78, 5) is 0. The summed E-state index contributed by atoms with van der Waals surface area (Å²) in [7, 11) is 0. The minimum atomic E-state index is -0.113. The Bertz CT molecular complexity index is 404. The van der Waals surface area contributed by atoms with E-state index >= 15 is 0 Å². The van der Waals surface area contributed by atoms with Crippen LogP contribution in [-0.2, 0) is 6.42 Å². The van der Waals surface area contributed by atoms with Crippen molar-refractivity contribution in [3.63, 3.8) is 0 Å². The molecule has 1 saturated carbocycles. The summed E-state index contributed by atoms with van der Waals surface area (Å²) >= 11 is 2.34. The minimum Gasteiger partial charge on any atom is -0.393 e. The summed E-state index contributed by atoms with van der Waals surface area (Å²) in [5.74, 6) is 1.17. The molecule has 1 fully saturated rings. The number of rotatable bonds is 2. The zero-order valence-electron chi connectivity index (χ0n) is 12.2. The second-order valence-corrected chi connectivity index (χ2v) is 8.28. The maximum Gasteiger partial charge on any atom is 0.0571 e. The van der Waals surface area contributed by atoms with Crippen molar-refractivity contribution in [1.29, 1.82) is 0 Å². The number of benzene rings is 1. The van der Waals surface area contributed by atoms with Gasteiger partial charge in [0.25, 0.3) is 0 Å². The maximum atomic E-state index is 10.3. The van der Waals surface area contributed by atoms with Crippen LogP contribution >= 0.6 is 22.6 Å². The molecule has 3 unspecified atom stereocenters. The van der Waals surface area contributed by atoms with Crippen LogP contribution in [0.2, 0.25) is 0 Å². The highest BCUT2D eigenvalue weighted by Gasteiger charge is 2.34. The van der Waals surface area contributed by atoms with Crippen LogP contribution in [0.15, 0.2) is 24.3 Å². The van der Waals surface area contributed by atoms with Crippen molar-refractivity contribution in [1.82, 2.24) is 0 Å². The predicted octanol–water partition coefficient (Wildman–Crippen LogP) is 4.66. The van der Waals surface area contributed by atoms with E-state index in [0.29, 0.717) is 11.3 Å². The molecule has 0 aromatic heterocycles. The Labute approximate surface area is 130 Å². The number of aliphatic hydroxyl groups excluding tert-OH is 1. The van der Waals surface area contributed by atoms with Crippen LogP contribution in [0.25, 0.3) is 0 Å². The van der Waals surface area contributed by atoms with E-state index in [9.17, 15) is 5.11 Å². The first-order valence-corrected chi connectivity index (χ1v) is 8.36. The van der Waals surface area contributed by atoms with Crippen molar-refractivity contribution in [3.8, 4) is 0 Å². The second kappa shape index (κ2) is 6.13. The van der Waals surface area contributed by atoms with Crippen LogP contribution < -0.4 is 0 Å². The van der Waals surface area contributed by atoms with Crippen molar-refractivity contribution in [2.75, 3.05) is 0 Å². The monoisotopic (exact) mass is 372 g/mol. The van der Waals surface area contributed by atoms with Gasteiger partial charge in [0.1, 0.15) is 0 Å². The molecule has 1 aromatic rings. The SMILES string of the molecule is CC(C)(C)C1CCC(O)C(Cc2ccc(I)cc2)C1. The molecule has 19 heavy (non-hydrogen) atoms. The fourth-order valence-corrected chi connectivity index (χ4v) is 3.54. The molecule has 2 heteroatoms. The van der Waals surface area contributed by atoms with Crippen molar-refractivity contribution < 1.29 is 5.11 Å². The molecule has 0 heterocycles. The number of hydrogen-bond acceptors (Lipinski definition) is 1. The smallest absolute Gasteiger partial charge is 0.0571 e. The molecule has 0 radical (unpaired) electrons. The van der Waals surface area contributed by atoms with Gasteiger partial charge in [-0.15, -0.1) is 0 Å². The normalized spacial score (nSPS) is 28.4. The van der Waals surface area contributed by atoms with E-state index in [-0.39, 0.29) is 6.10 Å². The lowest BCUT2D eigenvalue weighted by atomic mass is 9.67. The molecular weight excluding hydrogens is 347 g/mol. The Morgan fingerprint density at radius 1 is 1.16 bits per heavy atom. The van der Waals surface area contributed by atoms with E-state index < -0.39 is 0 Å². The third-order valence-electron chi connectivity index (χ3n) is 4.58. The Kier molecular flexibility index (Phi) is 4.93. The summed E-state index contributed by atoms with van der Waals surface area (Å²) in [6.07, 6.45) is 4.21. The van der Waals surface area contributed by atoms with E-state index in [4.69, 9.17) is 0 Å². The highest BCUT2D eigenvalue weighted by atomic mass is 127. The standard InChI is InChI=1S/C17H25IO/c1-17(2,3)14-6-9-16(19)13(11-14)10-12-4-7-15(18)8-5-12/h4-5,7-8,13-14,16,19H,6,9-11H2,1-3H3. The van der Waals surface area contributed by atoms with Gasteiger partial charge in [0, 0.05) is 3.57 Å². The summed E-state index contributed by atoms with van der Waals surface area (Å²) in [6.45, 7) is 6.99. The highest BCUT2D eigenvalue weighted by Crippen LogP contribution is 2.41. The minimum absolute atomic E-state index is 0.113. The lowest BCUT2D eigenvalue weighted by molar-refractivity contribution is 0.0196. The number of hydrogen-bond donors (Lipinski definition) is 1. The van der Waals surface area contributed by atoms with Crippen molar-refractivity contribution in [2.45, 2.75) is 52.6 Å². The van der Waals surface area contributed by atoms with Gasteiger partial charge < -0.3 is 5.11 Å². The largest absolute Gasteiger partial charge is 0.393 e. The van der Waals surface area contributed by atoms with E-state index in [2.05, 4.69) is 67.6 Å². The Morgan fingerprint density at radius 2 is 1.79 bits per heavy atom. The summed E-state index contributed by atoms with van der Waals surface area (Å²) in [5.41, 5.74) is 1.73. The van der Waals surface area contributed by atoms with Gasteiger partial charge in [-0.3, -0.25) is 0 Å². The summed E-state index contributed by atoms with van der Waals surface area (Å²) in [5, 5.41) is 10.3. The average Bonchev–Trinajstić information content (AvgIpc) is 2.33. The van der Waals surface area contributed by atoms with Gasteiger partial charge in [0.2, 0.25) is 0 Å². The van der Waals surface area contributed by atoms with E-state index in [0.717, 1.165) is 25.2 Å². The molecule has 0 bridgehead atoms. The first-order valence-electron chi connectivity index (χ1n) is 7.29. The zero-order chi connectivity index (χ0) is 14.0. The van der Waals surface area contributed by atoms with Crippen LogP contribution in [-0.4, -0.2) is 11.2 Å². The second-order valence-electron chi connectivity index (χ2n) is 7.03. The molecule has 3 atom stereocenters. The molecule has 0 aliphatic heterocycles. The summed E-state index contributed by atoms with van der Waals surface area (Å²) in [6, 6.07) is 8.73. The molecule has 1 aromatic carbocycles. The topological polar surface area (TPSA) is 20.2 Å². The Balaban J connectivity index is 2.03. The molecule has 1 N–H and O–H groups in total. The molecule has 106 valence electrons. The van der Waals surface area contributed by atoms with Crippen molar-refractivity contribution >= 4 is 22.6 Å². The van der Waals surface area contributed by atoms with Gasteiger partial charge >= 0.3 is 0 Å². The fraction of sp³-hybridized carbons (Fsp3) is 0.647. The van der Waals surface area contributed by atoms with Crippen LogP contribution in [0.1, 0.15) is 45.6 Å². The molecule has 1 aliphatic rings. The van der Waals surface area contributed by atoms with Crippen molar-refractivity contribution in [2.24, 2.45) is 17.3 Å². The summed E-state index contributed by atoms with van der Waals surface area (Å²) < 4.78 is 1.28. The van der Waals surface area contributed by atoms with Crippen molar-refractivity contribution in [3.05, 3.63) is 33.4 Å². The first kappa shape index (κ1) is 15.3. The van der Waals surface area contributed by atoms with Crippen LogP contribution in [0.5, 0.6) is 0 Å². The van der Waals surface area contributed by atoms with Crippen LogP contribution in [0.3, 0.4) is 0 Å². The van der Waals surface area contributed by atoms with Crippen LogP contribution in [0, 0.1) is 20.8 Å². The highest BCUT2D eigenvalue weighted by molar-refractivity contribution is 14.1.